The molecule has 0 radical (unpaired) electrons. The molecule has 10 aromatic rings. The van der Waals surface area contributed by atoms with E-state index in [2.05, 4.69) is 329 Å². The minimum absolute atomic E-state index is 0.104. The zero-order valence-electron chi connectivity index (χ0n) is 54.8. The van der Waals surface area contributed by atoms with Gasteiger partial charge in [-0.3, -0.25) is 0 Å². The summed E-state index contributed by atoms with van der Waals surface area (Å²) in [6.45, 7) is 41.4. The standard InChI is InChI=1S/C81H86BN5/c1-76(2,3)58-33-39-66-68(49-58)86(64-35-29-53(30-36-64)51-25-21-19-22-26-51)70-45-57(46-71-72(70)82(66)67-40-34-59(77(4,5)6)50-69(67)87(71)65-37-31-54(32-38-65)52-27-23-20-24-28-52)75-84-73(55-41-60(78(7,8)9)47-61(42-55)79(10,11)12)83-74(85-75)56-43-62(80(13,14)15)48-63(44-56)81(16,17)18/h19-50H,1-18H3. The van der Waals surface area contributed by atoms with Crippen molar-refractivity contribution in [2.75, 3.05) is 9.80 Å². The minimum atomic E-state index is -0.132. The largest absolute Gasteiger partial charge is 0.311 e. The normalized spacial score (nSPS) is 13.6. The van der Waals surface area contributed by atoms with Gasteiger partial charge in [-0.05, 0) is 177 Å². The highest BCUT2D eigenvalue weighted by molar-refractivity contribution is 7.00. The summed E-state index contributed by atoms with van der Waals surface area (Å²) in [6, 6.07) is 73.2. The lowest BCUT2D eigenvalue weighted by Gasteiger charge is -2.45. The van der Waals surface area contributed by atoms with Crippen molar-refractivity contribution in [1.29, 1.82) is 0 Å². The molecule has 1 aromatic heterocycles. The Hall–Kier alpha value is -8.35. The van der Waals surface area contributed by atoms with Crippen molar-refractivity contribution in [2.45, 2.75) is 157 Å². The fourth-order valence-electron chi connectivity index (χ4n) is 12.5. The van der Waals surface area contributed by atoms with Gasteiger partial charge in [0.15, 0.2) is 17.5 Å². The fraction of sp³-hybridized carbons (Fsp3) is 0.296. The quantitative estimate of drug-likeness (QED) is 0.149. The van der Waals surface area contributed by atoms with Crippen molar-refractivity contribution >= 4 is 57.2 Å². The van der Waals surface area contributed by atoms with Crippen LogP contribution in [0.3, 0.4) is 0 Å². The van der Waals surface area contributed by atoms with E-state index in [-0.39, 0.29) is 39.2 Å². The molecule has 6 heteroatoms. The molecule has 5 nitrogen and oxygen atoms in total. The van der Waals surface area contributed by atoms with E-state index in [1.165, 1.54) is 83.4 Å². The van der Waals surface area contributed by atoms with Gasteiger partial charge >= 0.3 is 0 Å². The fourth-order valence-corrected chi connectivity index (χ4v) is 12.5. The lowest BCUT2D eigenvalue weighted by Crippen LogP contribution is -2.61. The summed E-state index contributed by atoms with van der Waals surface area (Å²) in [4.78, 5) is 22.2. The van der Waals surface area contributed by atoms with E-state index in [0.717, 1.165) is 39.4 Å². The maximum atomic E-state index is 5.76. The summed E-state index contributed by atoms with van der Waals surface area (Å²) in [7, 11) is 0. The Labute approximate surface area is 520 Å². The van der Waals surface area contributed by atoms with Gasteiger partial charge in [-0.2, -0.15) is 0 Å². The molecule has 0 aliphatic carbocycles. The van der Waals surface area contributed by atoms with Gasteiger partial charge in [0, 0.05) is 50.8 Å². The van der Waals surface area contributed by atoms with Gasteiger partial charge in [0.1, 0.15) is 0 Å². The SMILES string of the molecule is CC(C)(C)c1cc(-c2nc(-c3cc(C(C)(C)C)cc(C(C)(C)C)c3)nc(-c3cc4c5c(c3)N(c3ccc(-c6ccccc6)cc3)c3cc(C(C)(C)C)ccc3B5c3ccc(C(C)(C)C)cc3N4c3ccc(-c4ccccc4)cc3)n2)cc(C(C)(C)C)c1. The van der Waals surface area contributed by atoms with Crippen LogP contribution in [0.25, 0.3) is 56.4 Å². The number of hydrogen-bond donors (Lipinski definition) is 0. The maximum Gasteiger partial charge on any atom is 0.252 e. The summed E-state index contributed by atoms with van der Waals surface area (Å²) >= 11 is 0. The second-order valence-electron chi connectivity index (χ2n) is 30.8. The van der Waals surface area contributed by atoms with Crippen LogP contribution in [0, 0.1) is 0 Å². The lowest BCUT2D eigenvalue weighted by molar-refractivity contribution is 0.568. The van der Waals surface area contributed by atoms with E-state index >= 15 is 0 Å². The van der Waals surface area contributed by atoms with Crippen LogP contribution < -0.4 is 26.2 Å². The molecule has 0 bridgehead atoms. The summed E-state index contributed by atoms with van der Waals surface area (Å²) in [5, 5.41) is 0. The molecular weight excluding hydrogens is 1050 g/mol. The number of rotatable bonds is 7. The summed E-state index contributed by atoms with van der Waals surface area (Å²) in [6.07, 6.45) is 0. The van der Waals surface area contributed by atoms with Gasteiger partial charge in [-0.15, -0.1) is 0 Å². The molecule has 87 heavy (non-hydrogen) atoms. The Kier molecular flexibility index (Phi) is 14.4. The molecule has 3 heterocycles. The first-order valence-electron chi connectivity index (χ1n) is 31.4. The average molecular weight is 1140 g/mol. The predicted molar refractivity (Wildman–Crippen MR) is 373 cm³/mol. The topological polar surface area (TPSA) is 45.2 Å². The highest BCUT2D eigenvalue weighted by Gasteiger charge is 2.45. The lowest BCUT2D eigenvalue weighted by atomic mass is 9.33. The summed E-state index contributed by atoms with van der Waals surface area (Å²) in [5.74, 6) is 1.91. The van der Waals surface area contributed by atoms with Crippen LogP contribution in [0.1, 0.15) is 158 Å². The van der Waals surface area contributed by atoms with Crippen molar-refractivity contribution in [2.24, 2.45) is 0 Å². The molecule has 2 aliphatic heterocycles. The number of benzene rings is 9. The number of fused-ring (bicyclic) bond motifs is 4. The first-order valence-corrected chi connectivity index (χ1v) is 31.4. The third-order valence-electron chi connectivity index (χ3n) is 18.0. The maximum absolute atomic E-state index is 5.76. The predicted octanol–water partition coefficient (Wildman–Crippen LogP) is 20.1. The third kappa shape index (κ3) is 11.4. The molecule has 2 aliphatic rings. The van der Waals surface area contributed by atoms with Crippen molar-refractivity contribution in [3.05, 3.63) is 228 Å². The molecule has 12 rings (SSSR count). The molecule has 0 atom stereocenters. The third-order valence-corrected chi connectivity index (χ3v) is 18.0. The van der Waals surface area contributed by atoms with Crippen LogP contribution >= 0.6 is 0 Å². The number of anilines is 6. The van der Waals surface area contributed by atoms with E-state index in [0.29, 0.717) is 17.5 Å². The molecule has 0 saturated carbocycles. The Bertz CT molecular complexity index is 3920. The molecular formula is C81H86BN5. The van der Waals surface area contributed by atoms with E-state index < -0.39 is 0 Å². The number of nitrogens with zero attached hydrogens (tertiary/aromatic N) is 5. The molecule has 0 N–H and O–H groups in total. The van der Waals surface area contributed by atoms with Gasteiger partial charge in [0.2, 0.25) is 0 Å². The van der Waals surface area contributed by atoms with Crippen LogP contribution in [0.4, 0.5) is 34.1 Å². The highest BCUT2D eigenvalue weighted by atomic mass is 15.2. The van der Waals surface area contributed by atoms with E-state index in [1.54, 1.807) is 0 Å². The average Bonchev–Trinajstić information content (AvgIpc) is 0.726. The van der Waals surface area contributed by atoms with Crippen molar-refractivity contribution in [1.82, 2.24) is 15.0 Å². The zero-order chi connectivity index (χ0) is 61.9. The molecule has 0 amide bonds. The number of hydrogen-bond acceptors (Lipinski definition) is 5. The smallest absolute Gasteiger partial charge is 0.252 e. The summed E-state index contributed by atoms with van der Waals surface area (Å²) in [5.41, 5.74) is 24.8. The first-order chi connectivity index (χ1) is 40.9. The Morgan fingerprint density at radius 3 is 0.839 bits per heavy atom. The molecule has 438 valence electrons. The van der Waals surface area contributed by atoms with Crippen LogP contribution in [0.15, 0.2) is 194 Å². The second-order valence-corrected chi connectivity index (χ2v) is 30.8. The van der Waals surface area contributed by atoms with E-state index in [1.807, 2.05) is 0 Å². The second kappa shape index (κ2) is 21.2. The Balaban J connectivity index is 1.21. The Morgan fingerprint density at radius 1 is 0.253 bits per heavy atom. The van der Waals surface area contributed by atoms with Crippen LogP contribution in [-0.4, -0.2) is 21.7 Å². The van der Waals surface area contributed by atoms with Gasteiger partial charge in [0.25, 0.3) is 6.71 Å². The van der Waals surface area contributed by atoms with Crippen LogP contribution in [0.5, 0.6) is 0 Å². The van der Waals surface area contributed by atoms with Crippen LogP contribution in [0.2, 0.25) is 0 Å². The summed E-state index contributed by atoms with van der Waals surface area (Å²) < 4.78 is 0. The Morgan fingerprint density at radius 2 is 0.540 bits per heavy atom. The minimum Gasteiger partial charge on any atom is -0.311 e. The van der Waals surface area contributed by atoms with Crippen LogP contribution in [-0.2, 0) is 32.5 Å². The molecule has 0 fully saturated rings. The molecule has 0 saturated heterocycles. The van der Waals surface area contributed by atoms with E-state index in [9.17, 15) is 0 Å². The van der Waals surface area contributed by atoms with Crippen molar-refractivity contribution < 1.29 is 0 Å². The molecule has 9 aromatic carbocycles. The van der Waals surface area contributed by atoms with Gasteiger partial charge in [0.05, 0.1) is 0 Å². The van der Waals surface area contributed by atoms with Gasteiger partial charge < -0.3 is 9.80 Å². The number of aromatic nitrogens is 3. The van der Waals surface area contributed by atoms with Crippen molar-refractivity contribution in [3.63, 3.8) is 0 Å². The molecule has 0 unspecified atom stereocenters. The molecule has 0 spiro atoms. The first kappa shape index (κ1) is 59.0. The highest BCUT2D eigenvalue weighted by Crippen LogP contribution is 2.48. The zero-order valence-corrected chi connectivity index (χ0v) is 54.8. The van der Waals surface area contributed by atoms with Gasteiger partial charge in [-0.1, -0.05) is 246 Å². The van der Waals surface area contributed by atoms with Gasteiger partial charge in [-0.25, -0.2) is 15.0 Å². The van der Waals surface area contributed by atoms with Crippen molar-refractivity contribution in [3.8, 4) is 56.4 Å². The monoisotopic (exact) mass is 1140 g/mol. The van der Waals surface area contributed by atoms with E-state index in [4.69, 9.17) is 15.0 Å².